The molecule has 19 heavy (non-hydrogen) atoms. The highest BCUT2D eigenvalue weighted by molar-refractivity contribution is 5.69. The number of aldehydes is 1. The topological polar surface area (TPSA) is 54.4 Å². The molecule has 3 heteroatoms. The van der Waals surface area contributed by atoms with Crippen molar-refractivity contribution in [1.29, 1.82) is 0 Å². The maximum atomic E-state index is 10.2. The molecule has 0 aromatic carbocycles. The average Bonchev–Trinajstić information content (AvgIpc) is 2.30. The molecule has 3 nitrogen and oxygen atoms in total. The molecular formula is C16H28O3. The summed E-state index contributed by atoms with van der Waals surface area (Å²) < 4.78 is 0. The zero-order valence-corrected chi connectivity index (χ0v) is 12.9. The third-order valence-corrected chi connectivity index (χ3v) is 2.78. The van der Waals surface area contributed by atoms with E-state index in [2.05, 4.69) is 19.9 Å². The summed E-state index contributed by atoms with van der Waals surface area (Å²) >= 11 is 0. The molecule has 0 saturated carbocycles. The highest BCUT2D eigenvalue weighted by atomic mass is 16.4. The smallest absolute Gasteiger partial charge is 0.306 e. The molecule has 0 aromatic heterocycles. The lowest BCUT2D eigenvalue weighted by atomic mass is 10.1. The van der Waals surface area contributed by atoms with Crippen LogP contribution in [0.4, 0.5) is 0 Å². The van der Waals surface area contributed by atoms with E-state index in [4.69, 9.17) is 5.11 Å². The minimum absolute atomic E-state index is 0.130. The summed E-state index contributed by atoms with van der Waals surface area (Å²) in [6, 6.07) is 0. The number of carbonyl (C=O) groups is 2. The van der Waals surface area contributed by atoms with Crippen LogP contribution in [0.25, 0.3) is 0 Å². The van der Waals surface area contributed by atoms with E-state index in [1.54, 1.807) is 6.08 Å². The van der Waals surface area contributed by atoms with Gasteiger partial charge in [-0.3, -0.25) is 9.59 Å². The van der Waals surface area contributed by atoms with Gasteiger partial charge in [0.05, 0.1) is 5.92 Å². The molecule has 0 saturated heterocycles. The molecule has 0 bridgehead atoms. The fourth-order valence-electron chi connectivity index (χ4n) is 1.43. The number of rotatable bonds is 7. The van der Waals surface area contributed by atoms with Gasteiger partial charge in [-0.05, 0) is 52.5 Å². The number of carbonyl (C=O) groups excluding carboxylic acids is 1. The number of hydrogen-bond acceptors (Lipinski definition) is 2. The average molecular weight is 268 g/mol. The minimum atomic E-state index is -0.671. The zero-order chi connectivity index (χ0) is 15.3. The summed E-state index contributed by atoms with van der Waals surface area (Å²) in [5.41, 5.74) is 2.49. The third-order valence-electron chi connectivity index (χ3n) is 2.78. The Morgan fingerprint density at radius 1 is 1.16 bits per heavy atom. The molecule has 0 heterocycles. The monoisotopic (exact) mass is 268 g/mol. The van der Waals surface area contributed by atoms with Crippen molar-refractivity contribution in [3.63, 3.8) is 0 Å². The van der Waals surface area contributed by atoms with Gasteiger partial charge in [-0.1, -0.05) is 31.1 Å². The van der Waals surface area contributed by atoms with Crippen LogP contribution in [0, 0.1) is 5.92 Å². The summed E-state index contributed by atoms with van der Waals surface area (Å²) in [6.45, 7) is 9.93. The van der Waals surface area contributed by atoms with Crippen LogP contribution < -0.4 is 0 Å². The van der Waals surface area contributed by atoms with Crippen LogP contribution in [0.3, 0.4) is 0 Å². The first-order valence-corrected chi connectivity index (χ1v) is 6.86. The van der Waals surface area contributed by atoms with Gasteiger partial charge in [0.2, 0.25) is 0 Å². The van der Waals surface area contributed by atoms with E-state index in [0.29, 0.717) is 0 Å². The molecular weight excluding hydrogens is 240 g/mol. The molecule has 0 aromatic rings. The maximum Gasteiger partial charge on any atom is 0.306 e. The Hall–Kier alpha value is -1.38. The summed E-state index contributed by atoms with van der Waals surface area (Å²) in [6.07, 6.45) is 8.17. The van der Waals surface area contributed by atoms with Crippen LogP contribution in [0.5, 0.6) is 0 Å². The number of allylic oxidation sites excluding steroid dienone is 4. The molecule has 0 unspecified atom stereocenters. The molecule has 0 aliphatic rings. The van der Waals surface area contributed by atoms with Gasteiger partial charge in [-0.2, -0.15) is 0 Å². The van der Waals surface area contributed by atoms with E-state index in [1.165, 1.54) is 5.57 Å². The molecule has 0 aliphatic heterocycles. The van der Waals surface area contributed by atoms with Crippen LogP contribution in [0.2, 0.25) is 0 Å². The lowest BCUT2D eigenvalue weighted by Crippen LogP contribution is -2.10. The van der Waals surface area contributed by atoms with Crippen molar-refractivity contribution < 1.29 is 14.7 Å². The second-order valence-electron chi connectivity index (χ2n) is 4.82. The van der Waals surface area contributed by atoms with Gasteiger partial charge in [0.15, 0.2) is 0 Å². The Morgan fingerprint density at radius 3 is 1.95 bits per heavy atom. The first kappa shape index (κ1) is 19.9. The van der Waals surface area contributed by atoms with Crippen LogP contribution in [-0.4, -0.2) is 17.4 Å². The van der Waals surface area contributed by atoms with E-state index in [1.807, 2.05) is 20.8 Å². The van der Waals surface area contributed by atoms with Crippen LogP contribution in [0.1, 0.15) is 60.3 Å². The molecule has 0 spiro atoms. The molecule has 1 N–H and O–H groups in total. The maximum absolute atomic E-state index is 10.2. The highest BCUT2D eigenvalue weighted by Crippen LogP contribution is 2.06. The predicted molar refractivity (Wildman–Crippen MR) is 80.2 cm³/mol. The standard InChI is InChI=1S/C10H16O.C6H12O2/c1-9(2)5-4-6-10(3)7-8-11;1-3-5(4-2)6(7)8/h5,7-8H,4,6H2,1-3H3;5H,3-4H2,1-2H3,(H,7,8)/b10-7+;. The number of carboxylic acid groups (broad SMARTS) is 1. The second-order valence-corrected chi connectivity index (χ2v) is 4.82. The third kappa shape index (κ3) is 14.6. The zero-order valence-electron chi connectivity index (χ0n) is 12.9. The molecule has 0 aliphatic carbocycles. The Labute approximate surface area is 117 Å². The first-order chi connectivity index (χ1) is 8.88. The number of aliphatic carboxylic acids is 1. The first-order valence-electron chi connectivity index (χ1n) is 6.86. The van der Waals surface area contributed by atoms with Crippen LogP contribution >= 0.6 is 0 Å². The molecule has 0 fully saturated rings. The van der Waals surface area contributed by atoms with Crippen molar-refractivity contribution in [3.8, 4) is 0 Å². The fraction of sp³-hybridized carbons (Fsp3) is 0.625. The normalized spacial score (nSPS) is 10.5. The van der Waals surface area contributed by atoms with Gasteiger partial charge in [-0.25, -0.2) is 0 Å². The lowest BCUT2D eigenvalue weighted by molar-refractivity contribution is -0.141. The lowest BCUT2D eigenvalue weighted by Gasteiger charge is -2.02. The van der Waals surface area contributed by atoms with E-state index >= 15 is 0 Å². The van der Waals surface area contributed by atoms with E-state index in [-0.39, 0.29) is 5.92 Å². The van der Waals surface area contributed by atoms with Gasteiger partial charge in [0.25, 0.3) is 0 Å². The van der Waals surface area contributed by atoms with E-state index in [9.17, 15) is 9.59 Å². The van der Waals surface area contributed by atoms with Crippen molar-refractivity contribution >= 4 is 12.3 Å². The van der Waals surface area contributed by atoms with Crippen molar-refractivity contribution in [2.24, 2.45) is 5.92 Å². The Morgan fingerprint density at radius 2 is 1.68 bits per heavy atom. The fourth-order valence-corrected chi connectivity index (χ4v) is 1.43. The Bertz CT molecular complexity index is 306. The van der Waals surface area contributed by atoms with Gasteiger partial charge in [0, 0.05) is 0 Å². The number of hydrogen-bond donors (Lipinski definition) is 1. The molecule has 0 amide bonds. The second kappa shape index (κ2) is 13.1. The van der Waals surface area contributed by atoms with E-state index in [0.717, 1.165) is 37.5 Å². The van der Waals surface area contributed by atoms with Gasteiger partial charge in [-0.15, -0.1) is 0 Å². The minimum Gasteiger partial charge on any atom is -0.481 e. The SMILES string of the molecule is CC(C)=CCC/C(C)=C/C=O.CCC(CC)C(=O)O. The highest BCUT2D eigenvalue weighted by Gasteiger charge is 2.10. The molecule has 0 radical (unpaired) electrons. The summed E-state index contributed by atoms with van der Waals surface area (Å²) in [7, 11) is 0. The van der Waals surface area contributed by atoms with Crippen molar-refractivity contribution in [1.82, 2.24) is 0 Å². The van der Waals surface area contributed by atoms with Gasteiger partial charge >= 0.3 is 5.97 Å². The predicted octanol–water partition coefficient (Wildman–Crippen LogP) is 4.39. The van der Waals surface area contributed by atoms with Crippen LogP contribution in [0.15, 0.2) is 23.3 Å². The van der Waals surface area contributed by atoms with Crippen molar-refractivity contribution in [2.45, 2.75) is 60.3 Å². The van der Waals surface area contributed by atoms with Gasteiger partial charge < -0.3 is 5.11 Å². The van der Waals surface area contributed by atoms with Gasteiger partial charge in [0.1, 0.15) is 6.29 Å². The molecule has 0 rings (SSSR count). The quantitative estimate of drug-likeness (QED) is 0.423. The van der Waals surface area contributed by atoms with Crippen molar-refractivity contribution in [3.05, 3.63) is 23.3 Å². The Balaban J connectivity index is 0. The summed E-state index contributed by atoms with van der Waals surface area (Å²) in [4.78, 5) is 20.2. The summed E-state index contributed by atoms with van der Waals surface area (Å²) in [5, 5.41) is 8.37. The number of carboxylic acids is 1. The largest absolute Gasteiger partial charge is 0.481 e. The molecule has 0 atom stereocenters. The summed E-state index contributed by atoms with van der Waals surface area (Å²) in [5.74, 6) is -0.801. The van der Waals surface area contributed by atoms with E-state index < -0.39 is 5.97 Å². The van der Waals surface area contributed by atoms with Crippen LogP contribution in [-0.2, 0) is 9.59 Å². The Kier molecular flexibility index (Phi) is 13.7. The van der Waals surface area contributed by atoms with Crippen molar-refractivity contribution in [2.75, 3.05) is 0 Å². The molecule has 110 valence electrons.